The molecule has 0 fully saturated rings. The lowest BCUT2D eigenvalue weighted by molar-refractivity contribution is 0.280. The van der Waals surface area contributed by atoms with Gasteiger partial charge < -0.3 is 10.2 Å². The highest BCUT2D eigenvalue weighted by Gasteiger charge is 1.94. The Morgan fingerprint density at radius 1 is 0.438 bits per heavy atom. The van der Waals surface area contributed by atoms with Crippen molar-refractivity contribution in [3.05, 3.63) is 36.5 Å². The number of aliphatic hydroxyl groups excluding tert-OH is 2. The number of hydrogen-bond acceptors (Lipinski definition) is 2. The molecule has 2 nitrogen and oxygen atoms in total. The summed E-state index contributed by atoms with van der Waals surface area (Å²) in [6.45, 7) is 0. The van der Waals surface area contributed by atoms with Crippen molar-refractivity contribution in [1.29, 1.82) is 0 Å². The van der Waals surface area contributed by atoms with Gasteiger partial charge in [-0.25, -0.2) is 0 Å². The van der Waals surface area contributed by atoms with Gasteiger partial charge in [0.15, 0.2) is 0 Å². The fourth-order valence-electron chi connectivity index (χ4n) is 3.61. The van der Waals surface area contributed by atoms with Crippen LogP contribution in [0.2, 0.25) is 0 Å². The zero-order chi connectivity index (χ0) is 23.5. The first-order valence-corrected chi connectivity index (χ1v) is 13.0. The molecule has 0 radical (unpaired) electrons. The molecule has 0 heterocycles. The number of hydrogen-bond donors (Lipinski definition) is 2. The van der Waals surface area contributed by atoms with E-state index in [1.54, 1.807) is 12.2 Å². The topological polar surface area (TPSA) is 40.5 Å². The van der Waals surface area contributed by atoms with Crippen LogP contribution in [0, 0.1) is 24.7 Å². The normalized spacial score (nSPS) is 13.6. The van der Waals surface area contributed by atoms with E-state index in [0.29, 0.717) is 0 Å². The van der Waals surface area contributed by atoms with Gasteiger partial charge >= 0.3 is 0 Å². The summed E-state index contributed by atoms with van der Waals surface area (Å²) in [5.74, 6) is 4.57. The maximum absolute atomic E-state index is 9.21. The van der Waals surface area contributed by atoms with Gasteiger partial charge in [0.05, 0.1) is 0 Å². The van der Waals surface area contributed by atoms with Crippen LogP contribution < -0.4 is 0 Å². The van der Waals surface area contributed by atoms with Crippen LogP contribution >= 0.6 is 0 Å². The van der Waals surface area contributed by atoms with E-state index in [1.165, 1.54) is 103 Å². The molecule has 0 aromatic carbocycles. The van der Waals surface area contributed by atoms with Gasteiger partial charge in [-0.05, 0) is 63.5 Å². The third-order valence-corrected chi connectivity index (χ3v) is 5.63. The average molecular weight is 441 g/mol. The van der Waals surface area contributed by atoms with Gasteiger partial charge in [-0.1, -0.05) is 100 Å². The quantitative estimate of drug-likeness (QED) is 0.103. The van der Waals surface area contributed by atoms with Gasteiger partial charge in [0, 0.05) is 0 Å². The summed E-state index contributed by atoms with van der Waals surface area (Å²) >= 11 is 0. The Hall–Kier alpha value is -1.74. The Morgan fingerprint density at radius 3 is 0.969 bits per heavy atom. The van der Waals surface area contributed by atoms with Crippen LogP contribution in [0.1, 0.15) is 116 Å². The maximum atomic E-state index is 9.21. The smallest absolute Gasteiger partial charge is 0.133 e. The van der Waals surface area contributed by atoms with Crippen LogP contribution in [0.3, 0.4) is 0 Å². The van der Waals surface area contributed by atoms with Crippen LogP contribution in [-0.2, 0) is 0 Å². The molecule has 0 aliphatic carbocycles. The van der Waals surface area contributed by atoms with Crippen molar-refractivity contribution in [3.63, 3.8) is 0 Å². The molecule has 0 saturated heterocycles. The monoisotopic (exact) mass is 440 g/mol. The average Bonchev–Trinajstić information content (AvgIpc) is 2.81. The minimum absolute atomic E-state index is 0.721. The molecule has 2 heteroatoms. The second kappa shape index (κ2) is 25.5. The van der Waals surface area contributed by atoms with Gasteiger partial charge in [0.1, 0.15) is 12.2 Å². The Morgan fingerprint density at radius 2 is 0.688 bits per heavy atom. The molecule has 0 unspecified atom stereocenters. The number of unbranched alkanes of at least 4 members (excludes halogenated alkanes) is 16. The number of rotatable bonds is 22. The molecule has 0 aromatic heterocycles. The lowest BCUT2D eigenvalue weighted by atomic mass is 10.1. The van der Waals surface area contributed by atoms with E-state index >= 15 is 0 Å². The predicted molar refractivity (Wildman–Crippen MR) is 140 cm³/mol. The third kappa shape index (κ3) is 24.5. The maximum Gasteiger partial charge on any atom is 0.133 e. The molecule has 0 aliphatic rings. The Labute approximate surface area is 199 Å². The van der Waals surface area contributed by atoms with Crippen LogP contribution in [0.4, 0.5) is 0 Å². The SMILES string of the molecule is C#C[C@@H](O)/C=C\CCCCCCCCC/C=C/CCCCCCCCC/C=C/[C@H](O)C#C. The summed E-state index contributed by atoms with van der Waals surface area (Å²) in [5.41, 5.74) is 0. The van der Waals surface area contributed by atoms with Gasteiger partial charge in [-0.2, -0.15) is 0 Å². The van der Waals surface area contributed by atoms with E-state index in [4.69, 9.17) is 12.8 Å². The van der Waals surface area contributed by atoms with Crippen molar-refractivity contribution in [2.24, 2.45) is 0 Å². The molecule has 32 heavy (non-hydrogen) atoms. The highest BCUT2D eigenvalue weighted by atomic mass is 16.3. The van der Waals surface area contributed by atoms with Crippen molar-refractivity contribution in [3.8, 4) is 24.7 Å². The van der Waals surface area contributed by atoms with Gasteiger partial charge in [0.2, 0.25) is 0 Å². The molecule has 2 N–H and O–H groups in total. The molecule has 0 amide bonds. The first-order chi connectivity index (χ1) is 15.7. The largest absolute Gasteiger partial charge is 0.377 e. The molecule has 0 saturated carbocycles. The lowest BCUT2D eigenvalue weighted by Crippen LogP contribution is -1.95. The summed E-state index contributed by atoms with van der Waals surface area (Å²) in [6.07, 6.45) is 43.7. The number of allylic oxidation sites excluding steroid dienone is 4. The van der Waals surface area contributed by atoms with Gasteiger partial charge in [-0.15, -0.1) is 12.8 Å². The highest BCUT2D eigenvalue weighted by Crippen LogP contribution is 2.12. The van der Waals surface area contributed by atoms with Gasteiger partial charge in [-0.3, -0.25) is 0 Å². The summed E-state index contributed by atoms with van der Waals surface area (Å²) < 4.78 is 0. The first-order valence-electron chi connectivity index (χ1n) is 13.0. The molecule has 0 bridgehead atoms. The fraction of sp³-hybridized carbons (Fsp3) is 0.667. The van der Waals surface area contributed by atoms with E-state index in [9.17, 15) is 10.2 Å². The standard InChI is InChI=1S/C30H48O2/c1-3-29(31)27-25-23-21-19-17-15-13-11-9-7-5-6-8-10-12-14-16-18-20-22-24-26-28-30(32)4-2/h1-2,5-6,25-32H,7-24H2/b6-5+,27-25-,28-26+/t29-,30-/m1/s1. The molecule has 0 spiro atoms. The third-order valence-electron chi connectivity index (χ3n) is 5.63. The summed E-state index contributed by atoms with van der Waals surface area (Å²) in [7, 11) is 0. The number of terminal acetylenes is 2. The second-order valence-corrected chi connectivity index (χ2v) is 8.66. The molecular formula is C30H48O2. The molecule has 180 valence electrons. The zero-order valence-electron chi connectivity index (χ0n) is 20.4. The minimum Gasteiger partial charge on any atom is -0.377 e. The molecule has 0 rings (SSSR count). The molecular weight excluding hydrogens is 392 g/mol. The Bertz CT molecular complexity index is 508. The fourth-order valence-corrected chi connectivity index (χ4v) is 3.61. The highest BCUT2D eigenvalue weighted by molar-refractivity contribution is 5.06. The van der Waals surface area contributed by atoms with Crippen LogP contribution in [0.25, 0.3) is 0 Å². The molecule has 2 atom stereocenters. The van der Waals surface area contributed by atoms with Crippen LogP contribution in [0.15, 0.2) is 36.5 Å². The Balaban J connectivity index is 3.21. The minimum atomic E-state index is -0.721. The van der Waals surface area contributed by atoms with Crippen molar-refractivity contribution in [2.45, 2.75) is 128 Å². The summed E-state index contributed by atoms with van der Waals surface area (Å²) in [6, 6.07) is 0. The summed E-state index contributed by atoms with van der Waals surface area (Å²) in [5, 5.41) is 18.4. The van der Waals surface area contributed by atoms with Crippen molar-refractivity contribution < 1.29 is 10.2 Å². The van der Waals surface area contributed by atoms with Crippen LogP contribution in [0.5, 0.6) is 0 Å². The summed E-state index contributed by atoms with van der Waals surface area (Å²) in [4.78, 5) is 0. The van der Waals surface area contributed by atoms with Crippen molar-refractivity contribution in [2.75, 3.05) is 0 Å². The zero-order valence-corrected chi connectivity index (χ0v) is 20.4. The van der Waals surface area contributed by atoms with E-state index in [1.807, 2.05) is 12.2 Å². The van der Waals surface area contributed by atoms with Crippen molar-refractivity contribution in [1.82, 2.24) is 0 Å². The van der Waals surface area contributed by atoms with Crippen molar-refractivity contribution >= 4 is 0 Å². The first kappa shape index (κ1) is 30.3. The lowest BCUT2D eigenvalue weighted by Gasteiger charge is -2.01. The van der Waals surface area contributed by atoms with Gasteiger partial charge in [0.25, 0.3) is 0 Å². The van der Waals surface area contributed by atoms with E-state index in [2.05, 4.69) is 24.0 Å². The van der Waals surface area contributed by atoms with E-state index in [-0.39, 0.29) is 0 Å². The Kier molecular flexibility index (Phi) is 24.1. The molecule has 0 aliphatic heterocycles. The number of aliphatic hydroxyl groups is 2. The van der Waals surface area contributed by atoms with E-state index < -0.39 is 12.2 Å². The van der Waals surface area contributed by atoms with Crippen LogP contribution in [-0.4, -0.2) is 22.4 Å². The predicted octanol–water partition coefficient (Wildman–Crippen LogP) is 7.67. The molecule has 0 aromatic rings. The van der Waals surface area contributed by atoms with E-state index in [0.717, 1.165) is 12.8 Å². The second-order valence-electron chi connectivity index (χ2n) is 8.66.